The van der Waals surface area contributed by atoms with Gasteiger partial charge in [-0.2, -0.15) is 0 Å². The summed E-state index contributed by atoms with van der Waals surface area (Å²) in [5.74, 6) is -0.448. The van der Waals surface area contributed by atoms with Gasteiger partial charge in [0, 0.05) is 17.7 Å². The van der Waals surface area contributed by atoms with Crippen molar-refractivity contribution >= 4 is 11.6 Å². The molecular formula is C13H15N3O2. The van der Waals surface area contributed by atoms with Gasteiger partial charge in [0.2, 0.25) is 0 Å². The van der Waals surface area contributed by atoms with Gasteiger partial charge in [-0.3, -0.25) is 4.40 Å². The van der Waals surface area contributed by atoms with E-state index in [0.29, 0.717) is 17.3 Å². The quantitative estimate of drug-likeness (QED) is 0.882. The van der Waals surface area contributed by atoms with E-state index in [-0.39, 0.29) is 5.69 Å². The van der Waals surface area contributed by atoms with Crippen molar-refractivity contribution in [3.05, 3.63) is 29.5 Å². The first-order valence-electron chi connectivity index (χ1n) is 6.24. The van der Waals surface area contributed by atoms with Crippen LogP contribution in [-0.4, -0.2) is 25.4 Å². The zero-order valence-electron chi connectivity index (χ0n) is 10.3. The molecule has 1 saturated carbocycles. The number of fused-ring (bicyclic) bond motifs is 1. The molecule has 5 heteroatoms. The molecule has 0 aliphatic heterocycles. The zero-order valence-corrected chi connectivity index (χ0v) is 10.3. The highest BCUT2D eigenvalue weighted by molar-refractivity contribution is 5.88. The summed E-state index contributed by atoms with van der Waals surface area (Å²) in [5.41, 5.74) is 2.46. The van der Waals surface area contributed by atoms with Crippen LogP contribution in [0.4, 0.5) is 0 Å². The van der Waals surface area contributed by atoms with E-state index in [1.54, 1.807) is 17.7 Å². The molecule has 2 heterocycles. The van der Waals surface area contributed by atoms with Crippen molar-refractivity contribution in [3.63, 3.8) is 0 Å². The van der Waals surface area contributed by atoms with Gasteiger partial charge in [0.05, 0.1) is 5.69 Å². The molecular weight excluding hydrogens is 230 g/mol. The number of carbonyl (C=O) groups is 1. The topological polar surface area (TPSA) is 67.5 Å². The predicted octanol–water partition coefficient (Wildman–Crippen LogP) is 2.39. The average Bonchev–Trinajstić information content (AvgIpc) is 2.92. The van der Waals surface area contributed by atoms with E-state index < -0.39 is 5.97 Å². The summed E-state index contributed by atoms with van der Waals surface area (Å²) in [4.78, 5) is 19.9. The molecule has 5 nitrogen and oxygen atoms in total. The Bertz CT molecular complexity index is 612. The highest BCUT2D eigenvalue weighted by atomic mass is 16.4. The normalized spacial score (nSPS) is 16.5. The van der Waals surface area contributed by atoms with Gasteiger partial charge >= 0.3 is 5.97 Å². The summed E-state index contributed by atoms with van der Waals surface area (Å²) < 4.78 is 1.55. The third kappa shape index (κ3) is 1.66. The van der Waals surface area contributed by atoms with Gasteiger partial charge in [-0.15, -0.1) is 0 Å². The Morgan fingerprint density at radius 3 is 2.83 bits per heavy atom. The first-order valence-corrected chi connectivity index (χ1v) is 6.24. The summed E-state index contributed by atoms with van der Waals surface area (Å²) in [6.45, 7) is 1.71. The van der Waals surface area contributed by atoms with Gasteiger partial charge in [0.15, 0.2) is 5.69 Å². The van der Waals surface area contributed by atoms with Gasteiger partial charge in [-0.1, -0.05) is 12.8 Å². The van der Waals surface area contributed by atoms with E-state index in [9.17, 15) is 4.79 Å². The maximum Gasteiger partial charge on any atom is 0.354 e. The van der Waals surface area contributed by atoms with Crippen LogP contribution in [0.3, 0.4) is 0 Å². The van der Waals surface area contributed by atoms with Crippen molar-refractivity contribution in [2.24, 2.45) is 0 Å². The summed E-state index contributed by atoms with van der Waals surface area (Å²) in [5, 5.41) is 9.14. The van der Waals surface area contributed by atoms with Crippen molar-refractivity contribution in [2.45, 2.75) is 38.5 Å². The lowest BCUT2D eigenvalue weighted by atomic mass is 10.0. The molecule has 1 N–H and O–H groups in total. The fraction of sp³-hybridized carbons (Fsp3) is 0.462. The number of aryl methyl sites for hydroxylation is 1. The Hall–Kier alpha value is -1.91. The number of hydrogen-bond donors (Lipinski definition) is 1. The van der Waals surface area contributed by atoms with E-state index in [2.05, 4.69) is 9.97 Å². The largest absolute Gasteiger partial charge is 0.477 e. The van der Waals surface area contributed by atoms with E-state index in [0.717, 1.165) is 5.69 Å². The molecule has 1 aliphatic rings. The Balaban J connectivity index is 2.10. The molecule has 94 valence electrons. The summed E-state index contributed by atoms with van der Waals surface area (Å²) in [6.07, 6.45) is 6.45. The van der Waals surface area contributed by atoms with Gasteiger partial charge in [-0.05, 0) is 19.8 Å². The van der Waals surface area contributed by atoms with Crippen molar-refractivity contribution in [1.29, 1.82) is 0 Å². The lowest BCUT2D eigenvalue weighted by Crippen LogP contribution is -2.05. The molecule has 1 aliphatic carbocycles. The number of aromatic nitrogens is 3. The second-order valence-corrected chi connectivity index (χ2v) is 4.87. The van der Waals surface area contributed by atoms with Crippen LogP contribution in [0.2, 0.25) is 0 Å². The van der Waals surface area contributed by atoms with Crippen molar-refractivity contribution in [2.75, 3.05) is 0 Å². The number of aromatic carboxylic acids is 1. The van der Waals surface area contributed by atoms with Crippen LogP contribution in [0.1, 0.15) is 53.5 Å². The van der Waals surface area contributed by atoms with Gasteiger partial charge < -0.3 is 5.11 Å². The van der Waals surface area contributed by atoms with E-state index in [1.165, 1.54) is 25.7 Å². The first kappa shape index (κ1) is 11.2. The van der Waals surface area contributed by atoms with Crippen molar-refractivity contribution in [3.8, 4) is 0 Å². The van der Waals surface area contributed by atoms with Gasteiger partial charge in [0.25, 0.3) is 0 Å². The molecule has 18 heavy (non-hydrogen) atoms. The van der Waals surface area contributed by atoms with Crippen LogP contribution in [0.25, 0.3) is 5.65 Å². The number of imidazole rings is 1. The molecule has 2 aromatic heterocycles. The van der Waals surface area contributed by atoms with Crippen LogP contribution in [0.5, 0.6) is 0 Å². The van der Waals surface area contributed by atoms with Crippen LogP contribution < -0.4 is 0 Å². The second-order valence-electron chi connectivity index (χ2n) is 4.87. The highest BCUT2D eigenvalue weighted by Crippen LogP contribution is 2.33. The minimum atomic E-state index is -0.963. The minimum Gasteiger partial charge on any atom is -0.477 e. The molecule has 0 bridgehead atoms. The molecule has 0 radical (unpaired) electrons. The maximum absolute atomic E-state index is 11.1. The van der Waals surface area contributed by atoms with Crippen LogP contribution >= 0.6 is 0 Å². The maximum atomic E-state index is 11.1. The fourth-order valence-electron chi connectivity index (χ4n) is 2.78. The molecule has 0 spiro atoms. The summed E-state index contributed by atoms with van der Waals surface area (Å²) >= 11 is 0. The van der Waals surface area contributed by atoms with Crippen LogP contribution in [0.15, 0.2) is 12.4 Å². The molecule has 0 atom stereocenters. The lowest BCUT2D eigenvalue weighted by molar-refractivity contribution is 0.0688. The highest BCUT2D eigenvalue weighted by Gasteiger charge is 2.21. The molecule has 2 aromatic rings. The molecule has 0 amide bonds. The second kappa shape index (κ2) is 4.08. The third-order valence-electron chi connectivity index (χ3n) is 3.69. The Morgan fingerprint density at radius 2 is 2.17 bits per heavy atom. The van der Waals surface area contributed by atoms with E-state index in [4.69, 9.17) is 5.11 Å². The smallest absolute Gasteiger partial charge is 0.354 e. The summed E-state index contributed by atoms with van der Waals surface area (Å²) in [6, 6.07) is 1.93. The third-order valence-corrected chi connectivity index (χ3v) is 3.69. The predicted molar refractivity (Wildman–Crippen MR) is 65.9 cm³/mol. The molecule has 0 saturated heterocycles. The number of rotatable bonds is 2. The number of carboxylic acids is 1. The van der Waals surface area contributed by atoms with Gasteiger partial charge in [-0.25, -0.2) is 14.8 Å². The van der Waals surface area contributed by atoms with Crippen LogP contribution in [-0.2, 0) is 0 Å². The summed E-state index contributed by atoms with van der Waals surface area (Å²) in [7, 11) is 0. The van der Waals surface area contributed by atoms with E-state index in [1.807, 2.05) is 6.07 Å². The van der Waals surface area contributed by atoms with Crippen molar-refractivity contribution in [1.82, 2.24) is 14.4 Å². The fourth-order valence-corrected chi connectivity index (χ4v) is 2.78. The van der Waals surface area contributed by atoms with E-state index >= 15 is 0 Å². The molecule has 0 unspecified atom stereocenters. The number of hydrogen-bond acceptors (Lipinski definition) is 3. The standard InChI is InChI=1S/C13H15N3O2/c1-8-12(13(17)18)16-7-14-10(6-11(16)15-8)9-4-2-3-5-9/h6-7,9H,2-5H2,1H3,(H,17,18). The minimum absolute atomic E-state index is 0.204. The lowest BCUT2D eigenvalue weighted by Gasteiger charge is -2.08. The number of nitrogens with zero attached hydrogens (tertiary/aromatic N) is 3. The Kier molecular flexibility index (Phi) is 2.54. The van der Waals surface area contributed by atoms with Crippen LogP contribution in [0, 0.1) is 6.92 Å². The molecule has 3 rings (SSSR count). The first-order chi connectivity index (χ1) is 8.66. The monoisotopic (exact) mass is 245 g/mol. The zero-order chi connectivity index (χ0) is 12.7. The van der Waals surface area contributed by atoms with Crippen molar-refractivity contribution < 1.29 is 9.90 Å². The SMILES string of the molecule is Cc1nc2cc(C3CCCC3)ncn2c1C(=O)O. The Labute approximate surface area is 104 Å². The number of carboxylic acid groups (broad SMARTS) is 1. The average molecular weight is 245 g/mol. The molecule has 0 aromatic carbocycles. The molecule has 1 fully saturated rings. The van der Waals surface area contributed by atoms with Gasteiger partial charge in [0.1, 0.15) is 12.0 Å². The Morgan fingerprint density at radius 1 is 1.44 bits per heavy atom.